The Balaban J connectivity index is 2.04. The molecule has 6 heteroatoms. The maximum absolute atomic E-state index is 6.98. The molecule has 0 heterocycles. The molecule has 31 heavy (non-hydrogen) atoms. The summed E-state index contributed by atoms with van der Waals surface area (Å²) < 4.78 is 18.4. The van der Waals surface area contributed by atoms with Gasteiger partial charge in [0.15, 0.2) is 6.79 Å². The zero-order valence-electron chi connectivity index (χ0n) is 18.3. The average Bonchev–Trinajstić information content (AvgIpc) is 2.75. The SMILES string of the molecule is COCOc1cc(Cl)c(CO[Si](c2ccccc2)(c2ccccc2)C(C)(C)C)cc1Br. The summed E-state index contributed by atoms with van der Waals surface area (Å²) in [6, 6.07) is 24.9. The second-order valence-electron chi connectivity index (χ2n) is 8.38. The molecule has 0 aliphatic heterocycles. The lowest BCUT2D eigenvalue weighted by atomic mass is 10.2. The first-order valence-corrected chi connectivity index (χ1v) is 13.2. The van der Waals surface area contributed by atoms with Crippen molar-refractivity contribution in [1.29, 1.82) is 0 Å². The minimum atomic E-state index is -2.63. The highest BCUT2D eigenvalue weighted by Gasteiger charge is 2.50. The lowest BCUT2D eigenvalue weighted by Crippen LogP contribution is -2.66. The molecule has 0 aliphatic rings. The van der Waals surface area contributed by atoms with Crippen LogP contribution in [0.4, 0.5) is 0 Å². The van der Waals surface area contributed by atoms with Gasteiger partial charge in [0, 0.05) is 18.2 Å². The molecule has 0 bridgehead atoms. The average molecular weight is 520 g/mol. The zero-order valence-corrected chi connectivity index (χ0v) is 21.7. The molecule has 0 fully saturated rings. The molecule has 3 rings (SSSR count). The number of rotatable bonds is 8. The standard InChI is InChI=1S/C25H28BrClO3Si/c1-25(2,3)31(20-11-7-5-8-12-20,21-13-9-6-10-14-21)30-17-19-15-22(26)24(16-23(19)27)29-18-28-4/h5-16H,17-18H2,1-4H3. The highest BCUT2D eigenvalue weighted by atomic mass is 79.9. The first kappa shape index (κ1) is 24.0. The lowest BCUT2D eigenvalue weighted by molar-refractivity contribution is 0.0505. The molecule has 0 saturated carbocycles. The van der Waals surface area contributed by atoms with Crippen molar-refractivity contribution in [3.8, 4) is 5.75 Å². The van der Waals surface area contributed by atoms with E-state index in [1.54, 1.807) is 13.2 Å². The van der Waals surface area contributed by atoms with Crippen molar-refractivity contribution in [2.45, 2.75) is 32.4 Å². The zero-order chi connectivity index (χ0) is 22.5. The summed E-state index contributed by atoms with van der Waals surface area (Å²) in [5.41, 5.74) is 0.909. The van der Waals surface area contributed by atoms with E-state index in [0.29, 0.717) is 17.4 Å². The Labute approximate surface area is 199 Å². The maximum atomic E-state index is 6.98. The van der Waals surface area contributed by atoms with Gasteiger partial charge >= 0.3 is 0 Å². The van der Waals surface area contributed by atoms with Gasteiger partial charge < -0.3 is 13.9 Å². The maximum Gasteiger partial charge on any atom is 0.261 e. The minimum Gasteiger partial charge on any atom is -0.466 e. The van der Waals surface area contributed by atoms with E-state index in [9.17, 15) is 0 Å². The normalized spacial score (nSPS) is 12.1. The van der Waals surface area contributed by atoms with Gasteiger partial charge in [-0.25, -0.2) is 0 Å². The summed E-state index contributed by atoms with van der Waals surface area (Å²) >= 11 is 10.2. The van der Waals surface area contributed by atoms with E-state index in [-0.39, 0.29) is 11.8 Å². The molecule has 3 aromatic carbocycles. The highest BCUT2D eigenvalue weighted by Crippen LogP contribution is 2.38. The van der Waals surface area contributed by atoms with Gasteiger partial charge in [-0.3, -0.25) is 0 Å². The Morgan fingerprint density at radius 3 is 1.94 bits per heavy atom. The van der Waals surface area contributed by atoms with Crippen molar-refractivity contribution in [2.75, 3.05) is 13.9 Å². The third-order valence-electron chi connectivity index (χ3n) is 5.29. The largest absolute Gasteiger partial charge is 0.466 e. The van der Waals surface area contributed by atoms with E-state index < -0.39 is 8.32 Å². The Kier molecular flexibility index (Phi) is 8.00. The molecule has 0 spiro atoms. The summed E-state index contributed by atoms with van der Waals surface area (Å²) in [6.07, 6.45) is 0. The predicted octanol–water partition coefficient (Wildman–Crippen LogP) is 6.16. The van der Waals surface area contributed by atoms with Crippen LogP contribution in [-0.2, 0) is 15.8 Å². The fourth-order valence-electron chi connectivity index (χ4n) is 3.86. The fourth-order valence-corrected chi connectivity index (χ4v) is 9.10. The Morgan fingerprint density at radius 2 is 1.45 bits per heavy atom. The van der Waals surface area contributed by atoms with Crippen molar-refractivity contribution in [3.63, 3.8) is 0 Å². The van der Waals surface area contributed by atoms with E-state index in [0.717, 1.165) is 10.0 Å². The van der Waals surface area contributed by atoms with Crippen LogP contribution in [0.25, 0.3) is 0 Å². The molecule has 3 nitrogen and oxygen atoms in total. The van der Waals surface area contributed by atoms with Crippen LogP contribution in [0, 0.1) is 0 Å². The van der Waals surface area contributed by atoms with Gasteiger partial charge in [-0.2, -0.15) is 0 Å². The number of halogens is 2. The Morgan fingerprint density at radius 1 is 0.903 bits per heavy atom. The fraction of sp³-hybridized carbons (Fsp3) is 0.280. The number of hydrogen-bond acceptors (Lipinski definition) is 3. The molecular weight excluding hydrogens is 492 g/mol. The molecular formula is C25H28BrClO3Si. The van der Waals surface area contributed by atoms with E-state index >= 15 is 0 Å². The quantitative estimate of drug-likeness (QED) is 0.263. The van der Waals surface area contributed by atoms with Crippen LogP contribution >= 0.6 is 27.5 Å². The summed E-state index contributed by atoms with van der Waals surface area (Å²) in [5, 5.41) is 2.99. The van der Waals surface area contributed by atoms with Crippen LogP contribution in [0.5, 0.6) is 5.75 Å². The van der Waals surface area contributed by atoms with Gasteiger partial charge in [0.25, 0.3) is 8.32 Å². The predicted molar refractivity (Wildman–Crippen MR) is 134 cm³/mol. The topological polar surface area (TPSA) is 27.7 Å². The van der Waals surface area contributed by atoms with E-state index in [4.69, 9.17) is 25.5 Å². The van der Waals surface area contributed by atoms with Crippen LogP contribution in [0.3, 0.4) is 0 Å². The molecule has 3 aromatic rings. The Bertz CT molecular complexity index is 951. The summed E-state index contributed by atoms with van der Waals surface area (Å²) in [5.74, 6) is 0.640. The van der Waals surface area contributed by atoms with Crippen LogP contribution in [0.1, 0.15) is 26.3 Å². The number of hydrogen-bond donors (Lipinski definition) is 0. The lowest BCUT2D eigenvalue weighted by Gasteiger charge is -2.43. The first-order valence-electron chi connectivity index (χ1n) is 10.1. The van der Waals surface area contributed by atoms with Crippen molar-refractivity contribution >= 4 is 46.2 Å². The second kappa shape index (κ2) is 10.3. The molecule has 0 saturated heterocycles. The van der Waals surface area contributed by atoms with E-state index in [2.05, 4.69) is 85.2 Å². The minimum absolute atomic E-state index is 0.0963. The van der Waals surface area contributed by atoms with E-state index in [1.165, 1.54) is 10.4 Å². The summed E-state index contributed by atoms with van der Waals surface area (Å²) in [4.78, 5) is 0. The molecule has 0 aliphatic carbocycles. The summed E-state index contributed by atoms with van der Waals surface area (Å²) in [7, 11) is -1.05. The number of benzene rings is 3. The van der Waals surface area contributed by atoms with Gasteiger partial charge in [-0.1, -0.05) is 93.0 Å². The van der Waals surface area contributed by atoms with Crippen molar-refractivity contribution in [1.82, 2.24) is 0 Å². The molecule has 0 atom stereocenters. The smallest absolute Gasteiger partial charge is 0.261 e. The van der Waals surface area contributed by atoms with Crippen molar-refractivity contribution in [3.05, 3.63) is 87.9 Å². The van der Waals surface area contributed by atoms with Gasteiger partial charge in [-0.05, 0) is 43.0 Å². The first-order chi connectivity index (χ1) is 14.8. The van der Waals surface area contributed by atoms with Crippen LogP contribution in [0.15, 0.2) is 77.3 Å². The van der Waals surface area contributed by atoms with Crippen LogP contribution < -0.4 is 15.1 Å². The third-order valence-corrected chi connectivity index (χ3v) is 11.2. The molecule has 164 valence electrons. The van der Waals surface area contributed by atoms with Gasteiger partial charge in [0.05, 0.1) is 11.1 Å². The monoisotopic (exact) mass is 518 g/mol. The molecule has 0 unspecified atom stereocenters. The van der Waals surface area contributed by atoms with Crippen molar-refractivity contribution in [2.24, 2.45) is 0 Å². The molecule has 0 N–H and O–H groups in total. The van der Waals surface area contributed by atoms with Crippen LogP contribution in [-0.4, -0.2) is 22.2 Å². The van der Waals surface area contributed by atoms with E-state index in [1.807, 2.05) is 18.2 Å². The molecule has 0 aromatic heterocycles. The van der Waals surface area contributed by atoms with Gasteiger partial charge in [-0.15, -0.1) is 0 Å². The Hall–Kier alpha value is -1.63. The van der Waals surface area contributed by atoms with Gasteiger partial charge in [0.1, 0.15) is 5.75 Å². The van der Waals surface area contributed by atoms with Gasteiger partial charge in [0.2, 0.25) is 0 Å². The summed E-state index contributed by atoms with van der Waals surface area (Å²) in [6.45, 7) is 7.34. The highest BCUT2D eigenvalue weighted by molar-refractivity contribution is 9.10. The number of methoxy groups -OCH3 is 1. The van der Waals surface area contributed by atoms with Crippen LogP contribution in [0.2, 0.25) is 10.1 Å². The number of ether oxygens (including phenoxy) is 2. The van der Waals surface area contributed by atoms with Crippen molar-refractivity contribution < 1.29 is 13.9 Å². The molecule has 0 amide bonds. The third kappa shape index (κ3) is 5.24. The molecule has 0 radical (unpaired) electrons. The second-order valence-corrected chi connectivity index (χ2v) is 13.9.